The number of hydrogen-bond acceptors (Lipinski definition) is 19. The van der Waals surface area contributed by atoms with Crippen LogP contribution in [0.2, 0.25) is 5.28 Å². The predicted molar refractivity (Wildman–Crippen MR) is 523 cm³/mol. The van der Waals surface area contributed by atoms with Gasteiger partial charge in [-0.2, -0.15) is 0 Å². The molecular formula is C88H78B2Br4Cl4F10N9O8PS5. The summed E-state index contributed by atoms with van der Waals surface area (Å²) in [5, 5.41) is 26.0. The van der Waals surface area contributed by atoms with Gasteiger partial charge in [0.05, 0.1) is 52.6 Å². The van der Waals surface area contributed by atoms with E-state index in [-0.39, 0.29) is 46.6 Å². The van der Waals surface area contributed by atoms with Gasteiger partial charge in [0.1, 0.15) is 33.8 Å². The highest BCUT2D eigenvalue weighted by molar-refractivity contribution is 9.11. The van der Waals surface area contributed by atoms with Crippen molar-refractivity contribution in [1.82, 2.24) is 34.5 Å². The number of nitrogens with zero attached hydrogens (tertiary/aromatic N) is 9. The molecule has 8 aromatic carbocycles. The fourth-order valence-corrected chi connectivity index (χ4v) is 19.3. The second-order valence-corrected chi connectivity index (χ2v) is 45.5. The van der Waals surface area contributed by atoms with Gasteiger partial charge in [0.15, 0.2) is 62.1 Å². The summed E-state index contributed by atoms with van der Waals surface area (Å²) >= 11 is 40.0. The van der Waals surface area contributed by atoms with Crippen molar-refractivity contribution in [3.05, 3.63) is 265 Å². The zero-order chi connectivity index (χ0) is 96.0. The molecule has 0 saturated carbocycles. The van der Waals surface area contributed by atoms with E-state index in [4.69, 9.17) is 35.7 Å². The second kappa shape index (κ2) is 47.1. The number of thiazole rings is 5. The first kappa shape index (κ1) is 106. The molecule has 131 heavy (non-hydrogen) atoms. The molecule has 4 aliphatic rings. The second-order valence-electron chi connectivity index (χ2n) is 30.6. The molecule has 0 spiro atoms. The Hall–Kier alpha value is -7.14. The lowest BCUT2D eigenvalue weighted by Crippen LogP contribution is -2.41. The zero-order valence-electron chi connectivity index (χ0n) is 70.9. The molecule has 1 atom stereocenters. The van der Waals surface area contributed by atoms with Crippen LogP contribution < -0.4 is 20.7 Å². The zero-order valence-corrected chi connectivity index (χ0v) is 85.2. The standard InChI is InChI=1S/C20H16F2N2OS.C19H14ClF2N3S.C17H24BNO3.2C9H4BrF2NS.C6H5BF2O2.C5H10O.C3HBr2NS.Cl3OP/c1-11(2)24-18-5-3-4-13(14(18)9-19(24)25)17-10-26-20(23-17)12-6-7-15(21)16(22)8-12;1-10(2)25-16-5-3-4-12(17(16)24-19(25)20)15-9-26-18(23-15)11-6-7-13(21)14(22)8-11;1-11(2)19-14-9-7-8-13(12(14)10-15(19)20)18-21-16(3,4)17(5,6)22-18;2*10-8-4-14-9(13-8)5-1-2-6(11)7(12)3-5;8-5-2-1-4(7(10)11)3-6(5)9;1-5-3-2-4-6-5;4-2-1-7-3(5)6-2;1-5(2,3)4/h3-8,10-11H,9H2,1-2H3;3-10H,1-2H3;7-9,11H,10H2,1-6H3;2*1-4H;1-3,10-11H;5H,2-4H2,1H3;1H;. The summed E-state index contributed by atoms with van der Waals surface area (Å²) in [7, 11) is -2.18. The number of anilines is 2. The molecule has 0 radical (unpaired) electrons. The number of benzene rings is 8. The highest BCUT2D eigenvalue weighted by Crippen LogP contribution is 2.61. The molecule has 2 fully saturated rings. The van der Waals surface area contributed by atoms with Crippen molar-refractivity contribution in [3.8, 4) is 64.8 Å². The Morgan fingerprint density at radius 1 is 0.489 bits per heavy atom. The molecular weight excluding hydrogens is 2180 g/mol. The van der Waals surface area contributed by atoms with Crippen LogP contribution in [-0.2, 0) is 41.0 Å². The van der Waals surface area contributed by atoms with Gasteiger partial charge < -0.3 is 38.5 Å². The number of amides is 2. The molecule has 10 heterocycles. The van der Waals surface area contributed by atoms with Gasteiger partial charge in [-0.15, -0.1) is 56.7 Å². The van der Waals surface area contributed by atoms with Gasteiger partial charge in [-0.25, -0.2) is 73.8 Å². The minimum atomic E-state index is -3.22. The molecule has 0 bridgehead atoms. The molecule has 1 unspecified atom stereocenters. The van der Waals surface area contributed by atoms with Crippen molar-refractivity contribution in [2.45, 2.75) is 137 Å². The van der Waals surface area contributed by atoms with E-state index in [2.05, 4.69) is 134 Å². The molecule has 6 aromatic heterocycles. The highest BCUT2D eigenvalue weighted by atomic mass is 79.9. The number of hydrogen-bond donors (Lipinski definition) is 2. The van der Waals surface area contributed by atoms with Crippen LogP contribution in [-0.4, -0.2) is 107 Å². The van der Waals surface area contributed by atoms with Crippen molar-refractivity contribution < 1.29 is 82.2 Å². The van der Waals surface area contributed by atoms with Crippen molar-refractivity contribution in [1.29, 1.82) is 0 Å². The van der Waals surface area contributed by atoms with E-state index in [1.165, 1.54) is 82.5 Å². The number of ether oxygens (including phenoxy) is 1. The predicted octanol–water partition coefficient (Wildman–Crippen LogP) is 27.7. The Labute approximate surface area is 822 Å². The van der Waals surface area contributed by atoms with E-state index in [9.17, 15) is 58.1 Å². The molecule has 2 saturated heterocycles. The van der Waals surface area contributed by atoms with Crippen molar-refractivity contribution >= 4 is 230 Å². The van der Waals surface area contributed by atoms with Crippen LogP contribution in [0.5, 0.6) is 0 Å². The van der Waals surface area contributed by atoms with Crippen LogP contribution in [0.25, 0.3) is 75.8 Å². The van der Waals surface area contributed by atoms with Gasteiger partial charge in [-0.05, 0) is 323 Å². The normalized spacial score (nSPS) is 14.4. The van der Waals surface area contributed by atoms with Crippen LogP contribution in [0.15, 0.2) is 190 Å². The Morgan fingerprint density at radius 2 is 0.870 bits per heavy atom. The maximum Gasteiger partial charge on any atom is 0.495 e. The summed E-state index contributed by atoms with van der Waals surface area (Å²) in [6.07, 6.45) is 3.85. The summed E-state index contributed by atoms with van der Waals surface area (Å²) in [5.74, 6) is -8.78. The minimum Gasteiger partial charge on any atom is -0.423 e. The number of fused-ring (bicyclic) bond motifs is 3. The fourth-order valence-electron chi connectivity index (χ4n) is 13.1. The molecule has 14 aromatic rings. The number of rotatable bonds is 11. The van der Waals surface area contributed by atoms with Gasteiger partial charge in [-0.1, -0.05) is 42.5 Å². The van der Waals surface area contributed by atoms with E-state index in [1.807, 2.05) is 154 Å². The average Bonchev–Trinajstić information content (AvgIpc) is 1.33. The van der Waals surface area contributed by atoms with Crippen LogP contribution in [0.1, 0.15) is 106 Å². The smallest absolute Gasteiger partial charge is 0.423 e. The summed E-state index contributed by atoms with van der Waals surface area (Å²) in [6, 6.07) is 35.8. The lowest BCUT2D eigenvalue weighted by Gasteiger charge is -2.32. The Bertz CT molecular complexity index is 6290. The molecule has 2 amide bonds. The first-order valence-electron chi connectivity index (χ1n) is 39.4. The van der Waals surface area contributed by atoms with Gasteiger partial charge in [0, 0.05) is 96.4 Å². The molecule has 2 N–H and O–H groups in total. The van der Waals surface area contributed by atoms with Crippen LogP contribution in [0.4, 0.5) is 55.3 Å². The van der Waals surface area contributed by atoms with E-state index >= 15 is 0 Å². The van der Waals surface area contributed by atoms with Crippen molar-refractivity contribution in [2.24, 2.45) is 0 Å². The first-order chi connectivity index (χ1) is 61.7. The Kier molecular flexibility index (Phi) is 38.1. The third-order valence-corrected chi connectivity index (χ3v) is 27.1. The van der Waals surface area contributed by atoms with Crippen LogP contribution in [0, 0.1) is 58.2 Å². The maximum absolute atomic E-state index is 13.5. The SMILES string of the molecule is Brc1csc(Br)n1.CC(C)N1C(=O)Cc2c(-c3csc(-c4ccc(F)c(F)c4)n3)cccc21.CC(C)N1C(=O)Cc2c(B3OC(C)(C)C(C)(C)O3)cccc21.CC(C)n1c(Cl)nc2c(-c3csc(-c4ccc(F)c(F)c4)n3)cccc21.CC1CCCO1.Fc1ccc(-c2nc(Br)cs2)cc1F.Fc1ccc(-c2nc(Br)cs2)cc1F.O=P(Cl)(Cl)Cl.OB(O)c1ccc(F)c(F)c1. The van der Waals surface area contributed by atoms with Crippen molar-refractivity contribution in [2.75, 3.05) is 16.4 Å². The van der Waals surface area contributed by atoms with Gasteiger partial charge in [0.25, 0.3) is 0 Å². The number of imidazole rings is 1. The Balaban J connectivity index is 0.000000160. The minimum absolute atomic E-state index is 0.0658. The fraction of sp³-hybridized carbons (Fsp3) is 0.250. The third kappa shape index (κ3) is 28.5. The largest absolute Gasteiger partial charge is 0.495 e. The number of halogens is 18. The van der Waals surface area contributed by atoms with E-state index in [0.29, 0.717) is 75.7 Å². The topological polar surface area (TPSA) is 208 Å². The Morgan fingerprint density at radius 3 is 1.23 bits per heavy atom. The van der Waals surface area contributed by atoms with E-state index in [0.717, 1.165) is 143 Å². The van der Waals surface area contributed by atoms with Gasteiger partial charge in [0.2, 0.25) is 17.1 Å². The first-order valence-corrected chi connectivity index (χ1v) is 51.8. The molecule has 17 nitrogen and oxygen atoms in total. The average molecular weight is 2250 g/mol. The molecule has 690 valence electrons. The lowest BCUT2D eigenvalue weighted by molar-refractivity contribution is -0.118. The van der Waals surface area contributed by atoms with Gasteiger partial charge in [-0.3, -0.25) is 14.2 Å². The highest BCUT2D eigenvalue weighted by Gasteiger charge is 2.53. The molecule has 43 heteroatoms. The summed E-state index contributed by atoms with van der Waals surface area (Å²) in [5.41, 5.74) is 11.3. The lowest BCUT2D eigenvalue weighted by atomic mass is 9.75. The molecule has 4 aliphatic heterocycles. The monoisotopic (exact) mass is 2250 g/mol. The number of para-hydroxylation sites is 1. The summed E-state index contributed by atoms with van der Waals surface area (Å²) < 4.78 is 161. The summed E-state index contributed by atoms with van der Waals surface area (Å²) in [4.78, 5) is 54.2. The van der Waals surface area contributed by atoms with Crippen LogP contribution >= 0.6 is 171 Å². The maximum atomic E-state index is 13.5. The van der Waals surface area contributed by atoms with E-state index in [1.54, 1.807) is 22.1 Å². The van der Waals surface area contributed by atoms with Crippen molar-refractivity contribution in [3.63, 3.8) is 0 Å². The molecule has 0 aliphatic carbocycles. The molecule has 18 rings (SSSR count). The third-order valence-electron chi connectivity index (χ3n) is 19.8. The quantitative estimate of drug-likeness (QED) is 0.0702. The number of aromatic nitrogens is 7. The summed E-state index contributed by atoms with van der Waals surface area (Å²) in [6.45, 7) is 23.4. The van der Waals surface area contributed by atoms with Gasteiger partial charge >= 0.3 is 19.4 Å². The van der Waals surface area contributed by atoms with E-state index < -0.39 is 77.6 Å². The van der Waals surface area contributed by atoms with Crippen LogP contribution in [0.3, 0.4) is 0 Å². The number of carbonyl (C=O) groups is 2. The number of carbonyl (C=O) groups excluding carboxylic acids is 2.